The Bertz CT molecular complexity index is 264. The zero-order valence-corrected chi connectivity index (χ0v) is 10.2. The number of para-hydroxylation sites is 1. The maximum atomic E-state index is 5.15. The van der Waals surface area contributed by atoms with Crippen LogP contribution in [-0.4, -0.2) is 32.8 Å². The van der Waals surface area contributed by atoms with E-state index < -0.39 is 0 Å². The molecular formula is C13H22N2O. The fourth-order valence-electron chi connectivity index (χ4n) is 1.39. The molecule has 3 heteroatoms. The first-order valence-corrected chi connectivity index (χ1v) is 5.85. The first-order valence-electron chi connectivity index (χ1n) is 5.85. The molecule has 90 valence electrons. The molecular weight excluding hydrogens is 200 g/mol. The van der Waals surface area contributed by atoms with Gasteiger partial charge in [-0.3, -0.25) is 0 Å². The zero-order chi connectivity index (χ0) is 11.6. The fraction of sp³-hybridized carbons (Fsp3) is 0.538. The van der Waals surface area contributed by atoms with Gasteiger partial charge in [-0.2, -0.15) is 0 Å². The van der Waals surface area contributed by atoms with E-state index in [1.807, 2.05) is 18.2 Å². The van der Waals surface area contributed by atoms with Crippen molar-refractivity contribution in [2.45, 2.75) is 19.4 Å². The molecule has 0 bridgehead atoms. The van der Waals surface area contributed by atoms with E-state index in [9.17, 15) is 0 Å². The van der Waals surface area contributed by atoms with E-state index in [1.54, 1.807) is 7.11 Å². The summed E-state index contributed by atoms with van der Waals surface area (Å²) in [4.78, 5) is 0. The molecule has 1 aromatic rings. The van der Waals surface area contributed by atoms with Crippen LogP contribution in [0.3, 0.4) is 0 Å². The van der Waals surface area contributed by atoms with E-state index >= 15 is 0 Å². The number of hydrogen-bond donors (Lipinski definition) is 2. The van der Waals surface area contributed by atoms with Gasteiger partial charge in [0, 0.05) is 25.9 Å². The highest BCUT2D eigenvalue weighted by Gasteiger charge is 1.96. The third-order valence-electron chi connectivity index (χ3n) is 2.47. The number of nitrogens with one attached hydrogen (secondary N) is 2. The number of ether oxygens (including phenoxy) is 1. The van der Waals surface area contributed by atoms with Crippen molar-refractivity contribution in [1.82, 2.24) is 5.32 Å². The third-order valence-corrected chi connectivity index (χ3v) is 2.47. The van der Waals surface area contributed by atoms with Gasteiger partial charge < -0.3 is 15.4 Å². The summed E-state index contributed by atoms with van der Waals surface area (Å²) in [5.41, 5.74) is 1.19. The molecule has 0 aromatic heterocycles. The molecule has 0 spiro atoms. The highest BCUT2D eigenvalue weighted by Crippen LogP contribution is 2.03. The van der Waals surface area contributed by atoms with Crippen molar-refractivity contribution in [2.75, 3.05) is 32.1 Å². The zero-order valence-electron chi connectivity index (χ0n) is 10.2. The second kappa shape index (κ2) is 8.13. The molecule has 3 nitrogen and oxygen atoms in total. The minimum atomic E-state index is 0.294. The van der Waals surface area contributed by atoms with Crippen LogP contribution in [0, 0.1) is 0 Å². The van der Waals surface area contributed by atoms with Crippen LogP contribution in [0.15, 0.2) is 30.3 Å². The molecule has 0 saturated heterocycles. The van der Waals surface area contributed by atoms with Crippen LogP contribution in [0.25, 0.3) is 0 Å². The van der Waals surface area contributed by atoms with E-state index in [0.717, 1.165) is 26.1 Å². The lowest BCUT2D eigenvalue weighted by Crippen LogP contribution is -2.27. The smallest absolute Gasteiger partial charge is 0.0667 e. The van der Waals surface area contributed by atoms with Crippen molar-refractivity contribution in [3.63, 3.8) is 0 Å². The van der Waals surface area contributed by atoms with Crippen molar-refractivity contribution >= 4 is 5.69 Å². The number of methoxy groups -OCH3 is 1. The quantitative estimate of drug-likeness (QED) is 0.661. The summed E-state index contributed by atoms with van der Waals surface area (Å²) in [5.74, 6) is 0. The molecule has 1 atom stereocenters. The Morgan fingerprint density at radius 1 is 1.19 bits per heavy atom. The Kier molecular flexibility index (Phi) is 6.61. The lowest BCUT2D eigenvalue weighted by atomic mass is 10.3. The van der Waals surface area contributed by atoms with Gasteiger partial charge in [0.2, 0.25) is 0 Å². The third kappa shape index (κ3) is 5.73. The van der Waals surface area contributed by atoms with Gasteiger partial charge >= 0.3 is 0 Å². The lowest BCUT2D eigenvalue weighted by Gasteiger charge is -2.11. The topological polar surface area (TPSA) is 33.3 Å². The molecule has 0 aliphatic heterocycles. The van der Waals surface area contributed by atoms with Gasteiger partial charge in [-0.05, 0) is 32.0 Å². The summed E-state index contributed by atoms with van der Waals surface area (Å²) in [6.07, 6.45) is 1.41. The molecule has 1 aromatic carbocycles. The molecule has 1 unspecified atom stereocenters. The highest BCUT2D eigenvalue weighted by molar-refractivity contribution is 5.42. The molecule has 0 amide bonds. The molecule has 0 radical (unpaired) electrons. The average molecular weight is 222 g/mol. The Balaban J connectivity index is 1.96. The normalized spacial score (nSPS) is 12.4. The summed E-state index contributed by atoms with van der Waals surface area (Å²) in [6, 6.07) is 10.3. The lowest BCUT2D eigenvalue weighted by molar-refractivity contribution is 0.117. The van der Waals surface area contributed by atoms with Gasteiger partial charge in [0.1, 0.15) is 0 Å². The minimum absolute atomic E-state index is 0.294. The van der Waals surface area contributed by atoms with Crippen molar-refractivity contribution in [1.29, 1.82) is 0 Å². The second-order valence-corrected chi connectivity index (χ2v) is 3.90. The minimum Gasteiger partial charge on any atom is -0.385 e. The SMILES string of the molecule is COC(C)CNCCCNc1ccccc1. The number of rotatable bonds is 8. The predicted molar refractivity (Wildman–Crippen MR) is 68.9 cm³/mol. The van der Waals surface area contributed by atoms with Crippen molar-refractivity contribution in [3.05, 3.63) is 30.3 Å². The van der Waals surface area contributed by atoms with Crippen LogP contribution in [0.5, 0.6) is 0 Å². The number of anilines is 1. The molecule has 0 fully saturated rings. The van der Waals surface area contributed by atoms with Gasteiger partial charge in [-0.25, -0.2) is 0 Å². The van der Waals surface area contributed by atoms with Gasteiger partial charge in [0.15, 0.2) is 0 Å². The van der Waals surface area contributed by atoms with Crippen LogP contribution in [0.1, 0.15) is 13.3 Å². The van der Waals surface area contributed by atoms with Crippen molar-refractivity contribution in [3.8, 4) is 0 Å². The molecule has 16 heavy (non-hydrogen) atoms. The van der Waals surface area contributed by atoms with Crippen LogP contribution in [0.2, 0.25) is 0 Å². The number of benzene rings is 1. The summed E-state index contributed by atoms with van der Waals surface area (Å²) in [6.45, 7) is 5.00. The standard InChI is InChI=1S/C13H22N2O/c1-12(16-2)11-14-9-6-10-15-13-7-4-3-5-8-13/h3-5,7-8,12,14-15H,6,9-11H2,1-2H3. The Labute approximate surface area is 98.2 Å². The molecule has 2 N–H and O–H groups in total. The first kappa shape index (κ1) is 13.0. The van der Waals surface area contributed by atoms with Gasteiger partial charge in [-0.15, -0.1) is 0 Å². The molecule has 0 saturated carbocycles. The van der Waals surface area contributed by atoms with Crippen molar-refractivity contribution in [2.24, 2.45) is 0 Å². The van der Waals surface area contributed by atoms with Crippen LogP contribution >= 0.6 is 0 Å². The Hall–Kier alpha value is -1.06. The molecule has 1 rings (SSSR count). The average Bonchev–Trinajstić information content (AvgIpc) is 2.34. The van der Waals surface area contributed by atoms with E-state index in [0.29, 0.717) is 6.10 Å². The molecule has 0 aliphatic carbocycles. The van der Waals surface area contributed by atoms with Gasteiger partial charge in [-0.1, -0.05) is 18.2 Å². The van der Waals surface area contributed by atoms with Gasteiger partial charge in [0.25, 0.3) is 0 Å². The summed E-state index contributed by atoms with van der Waals surface area (Å²) in [7, 11) is 1.74. The van der Waals surface area contributed by atoms with E-state index in [4.69, 9.17) is 4.74 Å². The molecule has 0 aliphatic rings. The van der Waals surface area contributed by atoms with Crippen LogP contribution in [0.4, 0.5) is 5.69 Å². The second-order valence-electron chi connectivity index (χ2n) is 3.90. The van der Waals surface area contributed by atoms with E-state index in [-0.39, 0.29) is 0 Å². The largest absolute Gasteiger partial charge is 0.385 e. The number of hydrogen-bond acceptors (Lipinski definition) is 3. The Morgan fingerprint density at radius 2 is 1.94 bits per heavy atom. The predicted octanol–water partition coefficient (Wildman–Crippen LogP) is 2.11. The summed E-state index contributed by atoms with van der Waals surface area (Å²) >= 11 is 0. The van der Waals surface area contributed by atoms with E-state index in [2.05, 4.69) is 29.7 Å². The molecule has 0 heterocycles. The Morgan fingerprint density at radius 3 is 2.62 bits per heavy atom. The van der Waals surface area contributed by atoms with Crippen molar-refractivity contribution < 1.29 is 4.74 Å². The van der Waals surface area contributed by atoms with Gasteiger partial charge in [0.05, 0.1) is 6.10 Å². The summed E-state index contributed by atoms with van der Waals surface area (Å²) < 4.78 is 5.15. The van der Waals surface area contributed by atoms with E-state index in [1.165, 1.54) is 5.69 Å². The van der Waals surface area contributed by atoms with Crippen LogP contribution in [-0.2, 0) is 4.74 Å². The fourth-order valence-corrected chi connectivity index (χ4v) is 1.39. The highest BCUT2D eigenvalue weighted by atomic mass is 16.5. The maximum Gasteiger partial charge on any atom is 0.0667 e. The first-order chi connectivity index (χ1) is 7.83. The maximum absolute atomic E-state index is 5.15. The monoisotopic (exact) mass is 222 g/mol. The van der Waals surface area contributed by atoms with Crippen LogP contribution < -0.4 is 10.6 Å². The summed E-state index contributed by atoms with van der Waals surface area (Å²) in [5, 5.41) is 6.73.